The molecule has 0 spiro atoms. The van der Waals surface area contributed by atoms with Crippen LogP contribution < -0.4 is 10.2 Å². The van der Waals surface area contributed by atoms with Crippen molar-refractivity contribution in [2.75, 3.05) is 11.4 Å². The molecule has 0 bridgehead atoms. The molecule has 1 aromatic rings. The van der Waals surface area contributed by atoms with Gasteiger partial charge in [0.15, 0.2) is 0 Å². The molecule has 0 atom stereocenters. The van der Waals surface area contributed by atoms with Gasteiger partial charge in [-0.25, -0.2) is 9.97 Å². The first-order chi connectivity index (χ1) is 9.90. The number of anilines is 1. The van der Waals surface area contributed by atoms with E-state index in [2.05, 4.69) is 49.8 Å². The predicted molar refractivity (Wildman–Crippen MR) is 88.6 cm³/mol. The van der Waals surface area contributed by atoms with Crippen LogP contribution in [0.15, 0.2) is 6.20 Å². The summed E-state index contributed by atoms with van der Waals surface area (Å²) in [7, 11) is 0. The number of hydrogen-bond donors (Lipinski definition) is 1. The third-order valence-corrected chi connectivity index (χ3v) is 3.87. The fourth-order valence-corrected chi connectivity index (χ4v) is 2.31. The maximum Gasteiger partial charge on any atom is 0.225 e. The molecule has 1 aromatic heterocycles. The third kappa shape index (κ3) is 4.95. The lowest BCUT2D eigenvalue weighted by Gasteiger charge is -2.24. The van der Waals surface area contributed by atoms with Gasteiger partial charge in [-0.15, -0.1) is 0 Å². The van der Waals surface area contributed by atoms with E-state index in [1.165, 1.54) is 31.2 Å². The molecule has 4 heteroatoms. The van der Waals surface area contributed by atoms with Gasteiger partial charge in [-0.3, -0.25) is 0 Å². The lowest BCUT2D eigenvalue weighted by atomic mass is 10.1. The summed E-state index contributed by atoms with van der Waals surface area (Å²) in [5, 5.41) is 3.50. The fraction of sp³-hybridized carbons (Fsp3) is 0.765. The summed E-state index contributed by atoms with van der Waals surface area (Å²) in [6.45, 7) is 12.8. The monoisotopic (exact) mass is 290 g/mol. The maximum absolute atomic E-state index is 4.76. The molecule has 1 aliphatic rings. The highest BCUT2D eigenvalue weighted by Crippen LogP contribution is 2.30. The second kappa shape index (κ2) is 6.73. The van der Waals surface area contributed by atoms with Gasteiger partial charge in [-0.1, -0.05) is 13.3 Å². The molecule has 0 radical (unpaired) electrons. The number of nitrogens with zero attached hydrogens (tertiary/aromatic N) is 3. The van der Waals surface area contributed by atoms with Gasteiger partial charge >= 0.3 is 0 Å². The molecule has 118 valence electrons. The highest BCUT2D eigenvalue weighted by atomic mass is 15.3. The molecule has 0 aliphatic heterocycles. The van der Waals surface area contributed by atoms with Crippen molar-refractivity contribution in [2.24, 2.45) is 0 Å². The molecule has 1 fully saturated rings. The van der Waals surface area contributed by atoms with Gasteiger partial charge in [-0.2, -0.15) is 0 Å². The lowest BCUT2D eigenvalue weighted by molar-refractivity contribution is 0.423. The smallest absolute Gasteiger partial charge is 0.225 e. The molecule has 0 aromatic carbocycles. The normalized spacial score (nSPS) is 15.3. The first kappa shape index (κ1) is 16.2. The summed E-state index contributed by atoms with van der Waals surface area (Å²) < 4.78 is 0. The van der Waals surface area contributed by atoms with E-state index in [0.29, 0.717) is 6.04 Å². The molecule has 1 saturated carbocycles. The Kier molecular flexibility index (Phi) is 5.20. The molecular weight excluding hydrogens is 260 g/mol. The van der Waals surface area contributed by atoms with Gasteiger partial charge in [-0.05, 0) is 47.0 Å². The van der Waals surface area contributed by atoms with E-state index in [0.717, 1.165) is 24.7 Å². The Morgan fingerprint density at radius 2 is 2.05 bits per heavy atom. The predicted octanol–water partition coefficient (Wildman–Crippen LogP) is 3.44. The average molecular weight is 290 g/mol. The van der Waals surface area contributed by atoms with Crippen molar-refractivity contribution >= 4 is 5.95 Å². The highest BCUT2D eigenvalue weighted by Gasteiger charge is 2.30. The first-order valence-electron chi connectivity index (χ1n) is 8.25. The topological polar surface area (TPSA) is 41.1 Å². The van der Waals surface area contributed by atoms with Crippen LogP contribution in [-0.2, 0) is 6.54 Å². The van der Waals surface area contributed by atoms with Crippen molar-refractivity contribution in [3.8, 4) is 0 Å². The van der Waals surface area contributed by atoms with Crippen LogP contribution in [0, 0.1) is 6.92 Å². The molecule has 2 rings (SSSR count). The minimum absolute atomic E-state index is 0.117. The van der Waals surface area contributed by atoms with Crippen LogP contribution in [0.1, 0.15) is 64.6 Å². The van der Waals surface area contributed by atoms with Crippen molar-refractivity contribution in [1.82, 2.24) is 15.3 Å². The number of unbranched alkanes of at least 4 members (excludes halogenated alkanes) is 1. The van der Waals surface area contributed by atoms with Gasteiger partial charge in [0.2, 0.25) is 5.95 Å². The summed E-state index contributed by atoms with van der Waals surface area (Å²) in [5.41, 5.74) is 2.41. The molecule has 0 amide bonds. The molecule has 0 unspecified atom stereocenters. The Bertz CT molecular complexity index is 460. The van der Waals surface area contributed by atoms with Gasteiger partial charge in [0.25, 0.3) is 0 Å². The summed E-state index contributed by atoms with van der Waals surface area (Å²) in [4.78, 5) is 11.8. The highest BCUT2D eigenvalue weighted by molar-refractivity contribution is 5.36. The van der Waals surface area contributed by atoms with E-state index >= 15 is 0 Å². The molecule has 1 aliphatic carbocycles. The zero-order chi connectivity index (χ0) is 15.5. The van der Waals surface area contributed by atoms with Crippen LogP contribution >= 0.6 is 0 Å². The zero-order valence-corrected chi connectivity index (χ0v) is 14.2. The van der Waals surface area contributed by atoms with E-state index in [-0.39, 0.29) is 5.54 Å². The summed E-state index contributed by atoms with van der Waals surface area (Å²) >= 11 is 0. The summed E-state index contributed by atoms with van der Waals surface area (Å²) in [6, 6.07) is 0.675. The Morgan fingerprint density at radius 1 is 1.33 bits per heavy atom. The fourth-order valence-electron chi connectivity index (χ4n) is 2.31. The van der Waals surface area contributed by atoms with Crippen LogP contribution in [0.3, 0.4) is 0 Å². The van der Waals surface area contributed by atoms with Crippen LogP contribution in [-0.4, -0.2) is 28.1 Å². The molecule has 21 heavy (non-hydrogen) atoms. The van der Waals surface area contributed by atoms with Crippen molar-refractivity contribution in [3.05, 3.63) is 17.5 Å². The summed E-state index contributed by atoms with van der Waals surface area (Å²) in [5.74, 6) is 0.919. The molecule has 0 saturated heterocycles. The van der Waals surface area contributed by atoms with Crippen LogP contribution in [0.4, 0.5) is 5.95 Å². The van der Waals surface area contributed by atoms with Crippen molar-refractivity contribution in [2.45, 2.75) is 78.4 Å². The lowest BCUT2D eigenvalue weighted by Crippen LogP contribution is -2.35. The van der Waals surface area contributed by atoms with Crippen LogP contribution in [0.2, 0.25) is 0 Å². The van der Waals surface area contributed by atoms with Crippen LogP contribution in [0.5, 0.6) is 0 Å². The standard InChI is InChI=1S/C17H30N4/c1-6-7-10-21(15-8-9-15)16-18-11-14(13(2)20-16)12-19-17(3,4)5/h11,15,19H,6-10,12H2,1-5H3. The molecule has 4 nitrogen and oxygen atoms in total. The Hall–Kier alpha value is -1.16. The van der Waals surface area contributed by atoms with Crippen molar-refractivity contribution < 1.29 is 0 Å². The summed E-state index contributed by atoms with van der Waals surface area (Å²) in [6.07, 6.45) is 7.01. The molecule has 1 heterocycles. The maximum atomic E-state index is 4.76. The number of nitrogens with one attached hydrogen (secondary N) is 1. The average Bonchev–Trinajstić information content (AvgIpc) is 3.21. The first-order valence-corrected chi connectivity index (χ1v) is 8.25. The van der Waals surface area contributed by atoms with E-state index in [9.17, 15) is 0 Å². The second-order valence-corrected chi connectivity index (χ2v) is 7.16. The Balaban J connectivity index is 2.06. The van der Waals surface area contributed by atoms with Gasteiger partial charge in [0.1, 0.15) is 0 Å². The van der Waals surface area contributed by atoms with E-state index in [1.807, 2.05) is 6.20 Å². The van der Waals surface area contributed by atoms with Crippen LogP contribution in [0.25, 0.3) is 0 Å². The number of aromatic nitrogens is 2. The zero-order valence-electron chi connectivity index (χ0n) is 14.2. The Morgan fingerprint density at radius 3 is 2.57 bits per heavy atom. The van der Waals surface area contributed by atoms with Gasteiger partial charge < -0.3 is 10.2 Å². The van der Waals surface area contributed by atoms with Gasteiger partial charge in [0.05, 0.1) is 0 Å². The van der Waals surface area contributed by atoms with E-state index in [1.54, 1.807) is 0 Å². The molecule has 1 N–H and O–H groups in total. The van der Waals surface area contributed by atoms with Crippen molar-refractivity contribution in [1.29, 1.82) is 0 Å². The SMILES string of the molecule is CCCCN(c1ncc(CNC(C)(C)C)c(C)n1)C1CC1. The van der Waals surface area contributed by atoms with Gasteiger partial charge in [0, 0.05) is 42.1 Å². The Labute approximate surface area is 129 Å². The minimum atomic E-state index is 0.117. The van der Waals surface area contributed by atoms with Crippen molar-refractivity contribution in [3.63, 3.8) is 0 Å². The van der Waals surface area contributed by atoms with E-state index < -0.39 is 0 Å². The van der Waals surface area contributed by atoms with E-state index in [4.69, 9.17) is 4.98 Å². The number of rotatable bonds is 7. The molecular formula is C17H30N4. The number of hydrogen-bond acceptors (Lipinski definition) is 4. The quantitative estimate of drug-likeness (QED) is 0.835. The minimum Gasteiger partial charge on any atom is -0.338 e. The largest absolute Gasteiger partial charge is 0.338 e. The third-order valence-electron chi connectivity index (χ3n) is 3.87. The number of aryl methyl sites for hydroxylation is 1. The second-order valence-electron chi connectivity index (χ2n) is 7.16.